The molecule has 0 spiro atoms. The fraction of sp³-hybridized carbons (Fsp3) is 0.611. The minimum absolute atomic E-state index is 0.234. The zero-order valence-corrected chi connectivity index (χ0v) is 15.9. The van der Waals surface area contributed by atoms with Gasteiger partial charge in [-0.1, -0.05) is 32.6 Å². The number of carbonyl (C=O) groups is 1. The van der Waals surface area contributed by atoms with Gasteiger partial charge in [0.1, 0.15) is 0 Å². The summed E-state index contributed by atoms with van der Waals surface area (Å²) in [6.07, 6.45) is 7.37. The molecule has 1 aromatic carbocycles. The van der Waals surface area contributed by atoms with Crippen molar-refractivity contribution in [2.75, 3.05) is 18.9 Å². The van der Waals surface area contributed by atoms with E-state index in [1.165, 1.54) is 22.9 Å². The molecule has 2 N–H and O–H groups in total. The lowest BCUT2D eigenvalue weighted by Gasteiger charge is -2.23. The van der Waals surface area contributed by atoms with Gasteiger partial charge >= 0.3 is 6.03 Å². The summed E-state index contributed by atoms with van der Waals surface area (Å²) < 4.78 is 26.3. The lowest BCUT2D eigenvalue weighted by molar-refractivity contribution is 0.244. The zero-order chi connectivity index (χ0) is 18.3. The molecule has 1 aromatic rings. The third-order valence-electron chi connectivity index (χ3n) is 4.59. The standard InChI is InChI=1S/C18H29N3O3S/c1-3-4-14-21(2)25(23,24)17-12-10-16(11-13-17)20-18(22)19-15-8-6-5-7-9-15/h10-13,15H,3-9,14H2,1-2H3,(H2,19,20,22). The van der Waals surface area contributed by atoms with Gasteiger partial charge < -0.3 is 10.6 Å². The molecule has 140 valence electrons. The van der Waals surface area contributed by atoms with Crippen LogP contribution in [0.25, 0.3) is 0 Å². The number of hydrogen-bond donors (Lipinski definition) is 2. The van der Waals surface area contributed by atoms with Crippen molar-refractivity contribution in [3.63, 3.8) is 0 Å². The highest BCUT2D eigenvalue weighted by atomic mass is 32.2. The maximum absolute atomic E-state index is 12.5. The van der Waals surface area contributed by atoms with E-state index >= 15 is 0 Å². The van der Waals surface area contributed by atoms with Gasteiger partial charge in [-0.3, -0.25) is 0 Å². The number of nitrogens with one attached hydrogen (secondary N) is 2. The van der Waals surface area contributed by atoms with Crippen LogP contribution < -0.4 is 10.6 Å². The molecule has 0 saturated heterocycles. The van der Waals surface area contributed by atoms with Crippen molar-refractivity contribution in [1.82, 2.24) is 9.62 Å². The minimum atomic E-state index is -3.47. The van der Waals surface area contributed by atoms with Crippen LogP contribution in [-0.4, -0.2) is 38.4 Å². The van der Waals surface area contributed by atoms with Crippen LogP contribution in [0, 0.1) is 0 Å². The smallest absolute Gasteiger partial charge is 0.319 e. The van der Waals surface area contributed by atoms with E-state index in [1.54, 1.807) is 19.2 Å². The molecule has 25 heavy (non-hydrogen) atoms. The first-order valence-electron chi connectivity index (χ1n) is 9.07. The van der Waals surface area contributed by atoms with Gasteiger partial charge in [0.15, 0.2) is 0 Å². The third-order valence-corrected chi connectivity index (χ3v) is 6.46. The summed E-state index contributed by atoms with van der Waals surface area (Å²) in [5.41, 5.74) is 0.587. The lowest BCUT2D eigenvalue weighted by Crippen LogP contribution is -2.39. The second kappa shape index (κ2) is 9.20. The number of carbonyl (C=O) groups excluding carboxylic acids is 1. The fourth-order valence-electron chi connectivity index (χ4n) is 2.99. The molecular formula is C18H29N3O3S. The van der Waals surface area contributed by atoms with E-state index in [9.17, 15) is 13.2 Å². The van der Waals surface area contributed by atoms with Crippen molar-refractivity contribution in [2.24, 2.45) is 0 Å². The number of unbranched alkanes of at least 4 members (excludes halogenated alkanes) is 1. The van der Waals surface area contributed by atoms with Crippen molar-refractivity contribution >= 4 is 21.7 Å². The fourth-order valence-corrected chi connectivity index (χ4v) is 4.20. The van der Waals surface area contributed by atoms with Crippen molar-refractivity contribution in [3.8, 4) is 0 Å². The third kappa shape index (κ3) is 5.71. The predicted octanol–water partition coefficient (Wildman–Crippen LogP) is 3.56. The molecule has 0 radical (unpaired) electrons. The highest BCUT2D eigenvalue weighted by molar-refractivity contribution is 7.89. The molecular weight excluding hydrogens is 338 g/mol. The van der Waals surface area contributed by atoms with Crippen LogP contribution in [0.5, 0.6) is 0 Å². The first-order chi connectivity index (χ1) is 11.9. The van der Waals surface area contributed by atoms with Gasteiger partial charge in [0.2, 0.25) is 10.0 Å². The molecule has 0 bridgehead atoms. The van der Waals surface area contributed by atoms with Crippen molar-refractivity contribution < 1.29 is 13.2 Å². The van der Waals surface area contributed by atoms with Gasteiger partial charge in [0.05, 0.1) is 4.90 Å². The van der Waals surface area contributed by atoms with Crippen LogP contribution in [0.2, 0.25) is 0 Å². The van der Waals surface area contributed by atoms with Crippen LogP contribution in [-0.2, 0) is 10.0 Å². The molecule has 0 unspecified atom stereocenters. The first kappa shape index (κ1) is 19.7. The summed E-state index contributed by atoms with van der Waals surface area (Å²) in [4.78, 5) is 12.3. The summed E-state index contributed by atoms with van der Waals surface area (Å²) in [6.45, 7) is 2.53. The average molecular weight is 368 g/mol. The minimum Gasteiger partial charge on any atom is -0.335 e. The second-order valence-corrected chi connectivity index (χ2v) is 8.68. The first-order valence-corrected chi connectivity index (χ1v) is 10.5. The highest BCUT2D eigenvalue weighted by Gasteiger charge is 2.20. The van der Waals surface area contributed by atoms with Crippen LogP contribution in [0.15, 0.2) is 29.2 Å². The summed E-state index contributed by atoms with van der Waals surface area (Å²) >= 11 is 0. The van der Waals surface area contributed by atoms with Crippen molar-refractivity contribution in [2.45, 2.75) is 62.8 Å². The monoisotopic (exact) mass is 367 g/mol. The molecule has 1 aliphatic carbocycles. The van der Waals surface area contributed by atoms with Crippen LogP contribution >= 0.6 is 0 Å². The maximum Gasteiger partial charge on any atom is 0.319 e. The Morgan fingerprint density at radius 1 is 1.16 bits per heavy atom. The van der Waals surface area contributed by atoms with Crippen LogP contribution in [0.3, 0.4) is 0 Å². The Hall–Kier alpha value is -1.60. The van der Waals surface area contributed by atoms with E-state index in [4.69, 9.17) is 0 Å². The van der Waals surface area contributed by atoms with Gasteiger partial charge in [0, 0.05) is 25.3 Å². The van der Waals surface area contributed by atoms with E-state index in [0.29, 0.717) is 12.2 Å². The zero-order valence-electron chi connectivity index (χ0n) is 15.1. The molecule has 0 aromatic heterocycles. The van der Waals surface area contributed by atoms with Gasteiger partial charge in [-0.15, -0.1) is 0 Å². The molecule has 0 heterocycles. The van der Waals surface area contributed by atoms with Crippen molar-refractivity contribution in [3.05, 3.63) is 24.3 Å². The summed E-state index contributed by atoms with van der Waals surface area (Å²) in [5, 5.41) is 5.75. The Morgan fingerprint density at radius 3 is 2.40 bits per heavy atom. The normalized spacial score (nSPS) is 16.0. The quantitative estimate of drug-likeness (QED) is 0.773. The molecule has 1 saturated carbocycles. The molecule has 0 aliphatic heterocycles. The molecule has 7 heteroatoms. The Bertz CT molecular complexity index is 653. The number of rotatable bonds is 7. The molecule has 1 aliphatic rings. The van der Waals surface area contributed by atoms with Gasteiger partial charge in [-0.05, 0) is 43.5 Å². The number of sulfonamides is 1. The Kier molecular flexibility index (Phi) is 7.25. The van der Waals surface area contributed by atoms with Crippen molar-refractivity contribution in [1.29, 1.82) is 0 Å². The van der Waals surface area contributed by atoms with Crippen LogP contribution in [0.4, 0.5) is 10.5 Å². The topological polar surface area (TPSA) is 78.5 Å². The summed E-state index contributed by atoms with van der Waals surface area (Å²) in [7, 11) is -1.88. The molecule has 2 amide bonds. The number of anilines is 1. The highest BCUT2D eigenvalue weighted by Crippen LogP contribution is 2.19. The van der Waals surface area contributed by atoms with Gasteiger partial charge in [0.25, 0.3) is 0 Å². The number of benzene rings is 1. The summed E-state index contributed by atoms with van der Waals surface area (Å²) in [6, 6.07) is 6.33. The summed E-state index contributed by atoms with van der Waals surface area (Å²) in [5.74, 6) is 0. The molecule has 0 atom stereocenters. The Labute approximate surface area is 151 Å². The van der Waals surface area contributed by atoms with E-state index in [-0.39, 0.29) is 17.0 Å². The number of urea groups is 1. The molecule has 2 rings (SSSR count). The van der Waals surface area contributed by atoms with E-state index in [2.05, 4.69) is 10.6 Å². The van der Waals surface area contributed by atoms with Crippen LogP contribution in [0.1, 0.15) is 51.9 Å². The molecule has 1 fully saturated rings. The second-order valence-electron chi connectivity index (χ2n) is 6.64. The number of nitrogens with zero attached hydrogens (tertiary/aromatic N) is 1. The van der Waals surface area contributed by atoms with E-state index < -0.39 is 10.0 Å². The van der Waals surface area contributed by atoms with E-state index in [0.717, 1.165) is 38.5 Å². The predicted molar refractivity (Wildman–Crippen MR) is 100 cm³/mol. The van der Waals surface area contributed by atoms with E-state index in [1.807, 2.05) is 6.92 Å². The number of amides is 2. The Balaban J connectivity index is 1.93. The lowest BCUT2D eigenvalue weighted by atomic mass is 9.96. The van der Waals surface area contributed by atoms with Gasteiger partial charge in [-0.25, -0.2) is 17.5 Å². The largest absolute Gasteiger partial charge is 0.335 e. The maximum atomic E-state index is 12.5. The Morgan fingerprint density at radius 2 is 1.80 bits per heavy atom. The van der Waals surface area contributed by atoms with Gasteiger partial charge in [-0.2, -0.15) is 0 Å². The molecule has 6 nitrogen and oxygen atoms in total. The average Bonchev–Trinajstić information content (AvgIpc) is 2.60. The SMILES string of the molecule is CCCCN(C)S(=O)(=O)c1ccc(NC(=O)NC2CCCCC2)cc1. The number of hydrogen-bond acceptors (Lipinski definition) is 3.